The summed E-state index contributed by atoms with van der Waals surface area (Å²) >= 11 is 0. The van der Waals surface area contributed by atoms with Crippen molar-refractivity contribution in [2.45, 2.75) is 0 Å². The zero-order valence-corrected chi connectivity index (χ0v) is 6.04. The maximum absolute atomic E-state index is 12.6. The molecule has 0 bridgehead atoms. The molecule has 2 amide bonds. The number of hydrogen-bond donors (Lipinski definition) is 3. The second-order valence-corrected chi connectivity index (χ2v) is 2.16. The van der Waals surface area contributed by atoms with Crippen molar-refractivity contribution in [3.05, 3.63) is 24.0 Å². The van der Waals surface area contributed by atoms with Crippen molar-refractivity contribution < 1.29 is 14.3 Å². The normalized spacial score (nSPS) is 9.42. The Bertz CT molecular complexity index is 314. The van der Waals surface area contributed by atoms with Crippen molar-refractivity contribution in [1.29, 1.82) is 0 Å². The third-order valence-electron chi connectivity index (χ3n) is 1.22. The Morgan fingerprint density at radius 2 is 2.25 bits per heavy atom. The van der Waals surface area contributed by atoms with Crippen molar-refractivity contribution in [1.82, 2.24) is 0 Å². The Morgan fingerprint density at radius 1 is 1.58 bits per heavy atom. The van der Waals surface area contributed by atoms with Gasteiger partial charge < -0.3 is 16.2 Å². The van der Waals surface area contributed by atoms with Crippen molar-refractivity contribution in [3.8, 4) is 5.75 Å². The molecule has 1 aromatic carbocycles. The summed E-state index contributed by atoms with van der Waals surface area (Å²) in [5.74, 6) is -1.27. The van der Waals surface area contributed by atoms with E-state index in [0.29, 0.717) is 0 Å². The summed E-state index contributed by atoms with van der Waals surface area (Å²) in [6.45, 7) is 0. The van der Waals surface area contributed by atoms with Crippen LogP contribution >= 0.6 is 0 Å². The molecule has 0 atom stereocenters. The van der Waals surface area contributed by atoms with E-state index in [1.807, 2.05) is 0 Å². The molecule has 0 spiro atoms. The molecule has 1 aromatic rings. The minimum atomic E-state index is -0.804. The number of phenols is 1. The first-order valence-electron chi connectivity index (χ1n) is 3.14. The van der Waals surface area contributed by atoms with E-state index in [1.54, 1.807) is 0 Å². The number of benzene rings is 1. The molecule has 0 saturated carbocycles. The fourth-order valence-corrected chi connectivity index (χ4v) is 0.727. The summed E-state index contributed by atoms with van der Waals surface area (Å²) < 4.78 is 12.6. The molecule has 0 heterocycles. The van der Waals surface area contributed by atoms with E-state index in [-0.39, 0.29) is 5.69 Å². The van der Waals surface area contributed by atoms with Crippen LogP contribution in [-0.4, -0.2) is 11.1 Å². The Morgan fingerprint density at radius 3 is 2.75 bits per heavy atom. The first-order chi connectivity index (χ1) is 5.59. The number of urea groups is 1. The Labute approximate surface area is 67.8 Å². The Hall–Kier alpha value is -1.78. The highest BCUT2D eigenvalue weighted by molar-refractivity contribution is 5.87. The van der Waals surface area contributed by atoms with Crippen molar-refractivity contribution in [3.63, 3.8) is 0 Å². The van der Waals surface area contributed by atoms with Crippen molar-refractivity contribution in [2.24, 2.45) is 5.73 Å². The quantitative estimate of drug-likeness (QED) is 0.550. The summed E-state index contributed by atoms with van der Waals surface area (Å²) in [5.41, 5.74) is 4.98. The van der Waals surface area contributed by atoms with E-state index in [1.165, 1.54) is 6.07 Å². The van der Waals surface area contributed by atoms with Crippen molar-refractivity contribution in [2.75, 3.05) is 5.32 Å². The Balaban J connectivity index is 2.89. The number of phenolic OH excluding ortho intramolecular Hbond substituents is 1. The standard InChI is InChI=1S/C7H7FN2O2/c8-5-3-4(10-7(9)12)1-2-6(5)11/h1-3,11H,(H3,9,10,12). The molecule has 0 saturated heterocycles. The van der Waals surface area contributed by atoms with Crippen LogP contribution in [0.2, 0.25) is 0 Å². The number of anilines is 1. The van der Waals surface area contributed by atoms with Crippen LogP contribution in [0.1, 0.15) is 0 Å². The third kappa shape index (κ3) is 1.85. The average Bonchev–Trinajstić information content (AvgIpc) is 1.96. The molecule has 0 aromatic heterocycles. The monoisotopic (exact) mass is 170 g/mol. The zero-order chi connectivity index (χ0) is 9.14. The van der Waals surface area contributed by atoms with Gasteiger partial charge in [0.25, 0.3) is 0 Å². The first kappa shape index (κ1) is 8.32. The van der Waals surface area contributed by atoms with Crippen LogP contribution in [0.25, 0.3) is 0 Å². The average molecular weight is 170 g/mol. The topological polar surface area (TPSA) is 75.4 Å². The summed E-state index contributed by atoms with van der Waals surface area (Å²) in [5, 5.41) is 10.9. The summed E-state index contributed by atoms with van der Waals surface area (Å²) in [6, 6.07) is 2.66. The molecular weight excluding hydrogens is 163 g/mol. The highest BCUT2D eigenvalue weighted by Crippen LogP contribution is 2.18. The lowest BCUT2D eigenvalue weighted by Gasteiger charge is -2.01. The Kier molecular flexibility index (Phi) is 2.14. The number of aromatic hydroxyl groups is 1. The van der Waals surface area contributed by atoms with Gasteiger partial charge in [-0.3, -0.25) is 0 Å². The van der Waals surface area contributed by atoms with E-state index in [0.717, 1.165) is 12.1 Å². The number of hydrogen-bond acceptors (Lipinski definition) is 2. The molecule has 12 heavy (non-hydrogen) atoms. The van der Waals surface area contributed by atoms with Crippen LogP contribution in [0.3, 0.4) is 0 Å². The molecule has 0 unspecified atom stereocenters. The van der Waals surface area contributed by atoms with Gasteiger partial charge in [-0.25, -0.2) is 9.18 Å². The fourth-order valence-electron chi connectivity index (χ4n) is 0.727. The zero-order valence-electron chi connectivity index (χ0n) is 6.04. The molecular formula is C7H7FN2O2. The summed E-state index contributed by atoms with van der Waals surface area (Å²) in [7, 11) is 0. The minimum absolute atomic E-state index is 0.206. The van der Waals surface area contributed by atoms with E-state index < -0.39 is 17.6 Å². The van der Waals surface area contributed by atoms with Gasteiger partial charge in [-0.15, -0.1) is 0 Å². The summed E-state index contributed by atoms with van der Waals surface area (Å²) in [6.07, 6.45) is 0. The van der Waals surface area contributed by atoms with E-state index in [2.05, 4.69) is 5.32 Å². The second kappa shape index (κ2) is 3.08. The molecule has 1 rings (SSSR count). The van der Waals surface area contributed by atoms with Gasteiger partial charge in [-0.05, 0) is 12.1 Å². The predicted octanol–water partition coefficient (Wildman–Crippen LogP) is 1.02. The van der Waals surface area contributed by atoms with Crippen LogP contribution < -0.4 is 11.1 Å². The maximum Gasteiger partial charge on any atom is 0.316 e. The number of nitrogens with two attached hydrogens (primary N) is 1. The van der Waals surface area contributed by atoms with Gasteiger partial charge in [0.15, 0.2) is 11.6 Å². The largest absolute Gasteiger partial charge is 0.505 e. The number of carbonyl (C=O) groups excluding carboxylic acids is 1. The molecule has 5 heteroatoms. The number of carbonyl (C=O) groups is 1. The maximum atomic E-state index is 12.6. The molecule has 4 nitrogen and oxygen atoms in total. The number of rotatable bonds is 1. The van der Waals surface area contributed by atoms with Gasteiger partial charge in [0.2, 0.25) is 0 Å². The SMILES string of the molecule is NC(=O)Nc1ccc(O)c(F)c1. The summed E-state index contributed by atoms with van der Waals surface area (Å²) in [4.78, 5) is 10.3. The van der Waals surface area contributed by atoms with Gasteiger partial charge >= 0.3 is 6.03 Å². The second-order valence-electron chi connectivity index (χ2n) is 2.16. The number of amides is 2. The molecule has 0 aliphatic heterocycles. The lowest BCUT2D eigenvalue weighted by molar-refractivity contribution is 0.259. The molecule has 0 fully saturated rings. The number of primary amides is 1. The first-order valence-corrected chi connectivity index (χ1v) is 3.14. The highest BCUT2D eigenvalue weighted by atomic mass is 19.1. The molecule has 0 aliphatic rings. The molecule has 0 aliphatic carbocycles. The van der Waals surface area contributed by atoms with Gasteiger partial charge in [0.1, 0.15) is 0 Å². The molecule has 64 valence electrons. The fraction of sp³-hybridized carbons (Fsp3) is 0. The van der Waals surface area contributed by atoms with E-state index in [9.17, 15) is 9.18 Å². The van der Waals surface area contributed by atoms with Crippen LogP contribution in [0.4, 0.5) is 14.9 Å². The lowest BCUT2D eigenvalue weighted by Crippen LogP contribution is -2.19. The van der Waals surface area contributed by atoms with Gasteiger partial charge in [-0.1, -0.05) is 0 Å². The molecule has 4 N–H and O–H groups in total. The molecule has 0 radical (unpaired) electrons. The minimum Gasteiger partial charge on any atom is -0.505 e. The van der Waals surface area contributed by atoms with Gasteiger partial charge in [0.05, 0.1) is 0 Å². The van der Waals surface area contributed by atoms with Crippen LogP contribution in [-0.2, 0) is 0 Å². The number of halogens is 1. The van der Waals surface area contributed by atoms with Crippen molar-refractivity contribution >= 4 is 11.7 Å². The smallest absolute Gasteiger partial charge is 0.316 e. The van der Waals surface area contributed by atoms with E-state index in [4.69, 9.17) is 10.8 Å². The highest BCUT2D eigenvalue weighted by Gasteiger charge is 2.01. The van der Waals surface area contributed by atoms with Gasteiger partial charge in [-0.2, -0.15) is 0 Å². The van der Waals surface area contributed by atoms with Crippen LogP contribution in [0.5, 0.6) is 5.75 Å². The lowest BCUT2D eigenvalue weighted by atomic mass is 10.3. The third-order valence-corrected chi connectivity index (χ3v) is 1.22. The van der Waals surface area contributed by atoms with Crippen LogP contribution in [0, 0.1) is 5.82 Å². The van der Waals surface area contributed by atoms with Gasteiger partial charge in [0, 0.05) is 11.8 Å². The van der Waals surface area contributed by atoms with Crippen LogP contribution in [0.15, 0.2) is 18.2 Å². The number of nitrogens with one attached hydrogen (secondary N) is 1. The van der Waals surface area contributed by atoms with E-state index >= 15 is 0 Å². The predicted molar refractivity (Wildman–Crippen MR) is 41.3 cm³/mol.